The number of carbonyl (C=O) groups excluding carboxylic acids is 1. The van der Waals surface area contributed by atoms with Crippen molar-refractivity contribution in [1.29, 1.82) is 0 Å². The molecule has 1 amide bonds. The Balaban J connectivity index is 1.45. The molecule has 4 nitrogen and oxygen atoms in total. The van der Waals surface area contributed by atoms with Gasteiger partial charge in [0.2, 0.25) is 0 Å². The van der Waals surface area contributed by atoms with Gasteiger partial charge in [-0.15, -0.1) is 11.3 Å². The number of benzene rings is 3. The summed E-state index contributed by atoms with van der Waals surface area (Å²) < 4.78 is 27.0. The van der Waals surface area contributed by atoms with Gasteiger partial charge in [0.05, 0.1) is 11.3 Å². The predicted octanol–water partition coefficient (Wildman–Crippen LogP) is 6.08. The number of aromatic nitrogens is 1. The van der Waals surface area contributed by atoms with Crippen LogP contribution in [0.2, 0.25) is 0 Å². The standard InChI is InChI=1S/C22H15F2N3OS/c23-15-4-3-5-17(12-15)26-22-27-20(13-29-22)14-8-10-16(11-9-14)25-21(28)18-6-1-2-7-19(18)24/h1-13H,(H,25,28)(H,26,27). The molecule has 0 unspecified atom stereocenters. The molecule has 4 rings (SSSR count). The second kappa shape index (κ2) is 8.20. The summed E-state index contributed by atoms with van der Waals surface area (Å²) in [5.41, 5.74) is 2.77. The van der Waals surface area contributed by atoms with Crippen LogP contribution in [0.15, 0.2) is 78.2 Å². The zero-order valence-electron chi connectivity index (χ0n) is 15.0. The molecular weight excluding hydrogens is 392 g/mol. The van der Waals surface area contributed by atoms with E-state index in [1.807, 2.05) is 17.5 Å². The van der Waals surface area contributed by atoms with E-state index in [0.29, 0.717) is 16.5 Å². The number of nitrogens with one attached hydrogen (secondary N) is 2. The molecule has 29 heavy (non-hydrogen) atoms. The van der Waals surface area contributed by atoms with E-state index in [2.05, 4.69) is 15.6 Å². The maximum atomic E-state index is 13.7. The monoisotopic (exact) mass is 407 g/mol. The molecule has 0 radical (unpaired) electrons. The molecule has 1 aromatic heterocycles. The van der Waals surface area contributed by atoms with Crippen molar-refractivity contribution in [3.63, 3.8) is 0 Å². The number of carbonyl (C=O) groups is 1. The number of halogens is 2. The van der Waals surface area contributed by atoms with E-state index < -0.39 is 11.7 Å². The number of hydrogen-bond acceptors (Lipinski definition) is 4. The molecule has 0 fully saturated rings. The molecule has 3 aromatic carbocycles. The molecule has 0 aliphatic rings. The summed E-state index contributed by atoms with van der Waals surface area (Å²) in [5.74, 6) is -1.40. The summed E-state index contributed by atoms with van der Waals surface area (Å²) in [5, 5.41) is 8.27. The molecule has 2 N–H and O–H groups in total. The van der Waals surface area contributed by atoms with Crippen molar-refractivity contribution in [2.45, 2.75) is 0 Å². The molecule has 0 saturated carbocycles. The number of anilines is 3. The third kappa shape index (κ3) is 4.47. The first-order chi connectivity index (χ1) is 14.1. The fourth-order valence-corrected chi connectivity index (χ4v) is 3.46. The van der Waals surface area contributed by atoms with E-state index in [1.54, 1.807) is 30.3 Å². The van der Waals surface area contributed by atoms with Crippen molar-refractivity contribution in [3.8, 4) is 11.3 Å². The van der Waals surface area contributed by atoms with Gasteiger partial charge in [0.15, 0.2) is 5.13 Å². The molecule has 4 aromatic rings. The lowest BCUT2D eigenvalue weighted by atomic mass is 10.1. The normalized spacial score (nSPS) is 10.6. The summed E-state index contributed by atoms with van der Waals surface area (Å²) in [6.45, 7) is 0. The van der Waals surface area contributed by atoms with Crippen molar-refractivity contribution in [3.05, 3.63) is 95.4 Å². The molecule has 7 heteroatoms. The van der Waals surface area contributed by atoms with Crippen LogP contribution in [-0.4, -0.2) is 10.9 Å². The highest BCUT2D eigenvalue weighted by Gasteiger charge is 2.11. The minimum absolute atomic E-state index is 0.0101. The number of nitrogens with zero attached hydrogens (tertiary/aromatic N) is 1. The van der Waals surface area contributed by atoms with E-state index in [4.69, 9.17) is 0 Å². The maximum absolute atomic E-state index is 13.7. The first-order valence-electron chi connectivity index (χ1n) is 8.73. The molecule has 0 atom stereocenters. The topological polar surface area (TPSA) is 54.0 Å². The van der Waals surface area contributed by atoms with E-state index >= 15 is 0 Å². The van der Waals surface area contributed by atoms with Crippen LogP contribution < -0.4 is 10.6 Å². The van der Waals surface area contributed by atoms with Crippen molar-refractivity contribution in [2.24, 2.45) is 0 Å². The lowest BCUT2D eigenvalue weighted by molar-refractivity contribution is 0.102. The Bertz CT molecular complexity index is 1160. The fourth-order valence-electron chi connectivity index (χ4n) is 2.72. The van der Waals surface area contributed by atoms with Crippen LogP contribution in [-0.2, 0) is 0 Å². The molecule has 144 valence electrons. The van der Waals surface area contributed by atoms with Gasteiger partial charge in [0, 0.05) is 22.3 Å². The average molecular weight is 407 g/mol. The summed E-state index contributed by atoms with van der Waals surface area (Å²) >= 11 is 1.40. The Morgan fingerprint density at radius 3 is 2.45 bits per heavy atom. The van der Waals surface area contributed by atoms with Crippen LogP contribution in [0.5, 0.6) is 0 Å². The van der Waals surface area contributed by atoms with E-state index in [-0.39, 0.29) is 11.4 Å². The van der Waals surface area contributed by atoms with Crippen molar-refractivity contribution in [1.82, 2.24) is 4.98 Å². The predicted molar refractivity (Wildman–Crippen MR) is 112 cm³/mol. The molecule has 0 saturated heterocycles. The van der Waals surface area contributed by atoms with Crippen LogP contribution in [0.25, 0.3) is 11.3 Å². The van der Waals surface area contributed by atoms with Crippen LogP contribution in [0, 0.1) is 11.6 Å². The number of rotatable bonds is 5. The van der Waals surface area contributed by atoms with Crippen LogP contribution >= 0.6 is 11.3 Å². The van der Waals surface area contributed by atoms with Gasteiger partial charge in [-0.25, -0.2) is 13.8 Å². The van der Waals surface area contributed by atoms with Crippen molar-refractivity contribution in [2.75, 3.05) is 10.6 Å². The highest BCUT2D eigenvalue weighted by molar-refractivity contribution is 7.14. The minimum Gasteiger partial charge on any atom is -0.331 e. The van der Waals surface area contributed by atoms with Gasteiger partial charge in [0.1, 0.15) is 11.6 Å². The first kappa shape index (κ1) is 18.8. The molecule has 0 spiro atoms. The van der Waals surface area contributed by atoms with Gasteiger partial charge >= 0.3 is 0 Å². The zero-order chi connectivity index (χ0) is 20.2. The highest BCUT2D eigenvalue weighted by atomic mass is 32.1. The highest BCUT2D eigenvalue weighted by Crippen LogP contribution is 2.28. The fraction of sp³-hybridized carbons (Fsp3) is 0. The Labute approximate surface area is 169 Å². The van der Waals surface area contributed by atoms with Crippen LogP contribution in [0.1, 0.15) is 10.4 Å². The molecular formula is C22H15F2N3OS. The van der Waals surface area contributed by atoms with Crippen LogP contribution in [0.3, 0.4) is 0 Å². The molecule has 1 heterocycles. The van der Waals surface area contributed by atoms with E-state index in [1.165, 1.54) is 41.7 Å². The second-order valence-corrected chi connectivity index (χ2v) is 7.04. The number of amides is 1. The molecule has 0 aliphatic heterocycles. The SMILES string of the molecule is O=C(Nc1ccc(-c2csc(Nc3cccc(F)c3)n2)cc1)c1ccccc1F. The minimum atomic E-state index is -0.567. The molecule has 0 aliphatic carbocycles. The summed E-state index contributed by atoms with van der Waals surface area (Å²) in [7, 11) is 0. The van der Waals surface area contributed by atoms with Gasteiger partial charge < -0.3 is 10.6 Å². The lowest BCUT2D eigenvalue weighted by Crippen LogP contribution is -2.13. The Morgan fingerprint density at radius 1 is 0.897 bits per heavy atom. The first-order valence-corrected chi connectivity index (χ1v) is 9.61. The smallest absolute Gasteiger partial charge is 0.258 e. The van der Waals surface area contributed by atoms with Gasteiger partial charge in [-0.1, -0.05) is 30.3 Å². The third-order valence-electron chi connectivity index (χ3n) is 4.14. The van der Waals surface area contributed by atoms with Crippen molar-refractivity contribution < 1.29 is 13.6 Å². The van der Waals surface area contributed by atoms with Gasteiger partial charge in [-0.05, 0) is 42.5 Å². The Morgan fingerprint density at radius 2 is 1.69 bits per heavy atom. The largest absolute Gasteiger partial charge is 0.331 e. The second-order valence-electron chi connectivity index (χ2n) is 6.18. The third-order valence-corrected chi connectivity index (χ3v) is 4.89. The quantitative estimate of drug-likeness (QED) is 0.421. The van der Waals surface area contributed by atoms with Crippen LogP contribution in [0.4, 0.5) is 25.3 Å². The van der Waals surface area contributed by atoms with Gasteiger partial charge in [-0.2, -0.15) is 0 Å². The zero-order valence-corrected chi connectivity index (χ0v) is 15.8. The summed E-state index contributed by atoms with van der Waals surface area (Å²) in [6.07, 6.45) is 0. The maximum Gasteiger partial charge on any atom is 0.258 e. The Kier molecular flexibility index (Phi) is 5.31. The number of thiazole rings is 1. The molecule has 0 bridgehead atoms. The van der Waals surface area contributed by atoms with E-state index in [9.17, 15) is 13.6 Å². The summed E-state index contributed by atoms with van der Waals surface area (Å²) in [4.78, 5) is 16.7. The van der Waals surface area contributed by atoms with Crippen molar-refractivity contribution >= 4 is 33.8 Å². The summed E-state index contributed by atoms with van der Waals surface area (Å²) in [6, 6.07) is 19.1. The van der Waals surface area contributed by atoms with E-state index in [0.717, 1.165) is 11.3 Å². The average Bonchev–Trinajstić information content (AvgIpc) is 3.17. The Hall–Kier alpha value is -3.58. The number of hydrogen-bond donors (Lipinski definition) is 2. The lowest BCUT2D eigenvalue weighted by Gasteiger charge is -2.07. The van der Waals surface area contributed by atoms with Gasteiger partial charge in [0.25, 0.3) is 5.91 Å². The van der Waals surface area contributed by atoms with Gasteiger partial charge in [-0.3, -0.25) is 4.79 Å².